The number of hydrogen-bond acceptors (Lipinski definition) is 3. The van der Waals surface area contributed by atoms with Crippen molar-refractivity contribution in [1.29, 1.82) is 0 Å². The SMILES string of the molecule is COC(=O)C(O)C1CCC(C)(C)C1. The molecule has 3 nitrogen and oxygen atoms in total. The summed E-state index contributed by atoms with van der Waals surface area (Å²) in [5.41, 5.74) is 0.264. The first-order chi connectivity index (χ1) is 5.96. The quantitative estimate of drug-likeness (QED) is 0.662. The highest BCUT2D eigenvalue weighted by Gasteiger charge is 2.37. The van der Waals surface area contributed by atoms with Crippen molar-refractivity contribution in [3.05, 3.63) is 0 Å². The Morgan fingerprint density at radius 2 is 2.23 bits per heavy atom. The van der Waals surface area contributed by atoms with Crippen molar-refractivity contribution in [2.24, 2.45) is 11.3 Å². The second kappa shape index (κ2) is 3.66. The van der Waals surface area contributed by atoms with Crippen LogP contribution in [0.2, 0.25) is 0 Å². The molecule has 1 aliphatic rings. The summed E-state index contributed by atoms with van der Waals surface area (Å²) >= 11 is 0. The minimum Gasteiger partial charge on any atom is -0.467 e. The number of ether oxygens (including phenoxy) is 1. The minimum absolute atomic E-state index is 0.0856. The molecule has 0 aliphatic heterocycles. The maximum absolute atomic E-state index is 11.0. The van der Waals surface area contributed by atoms with Crippen molar-refractivity contribution < 1.29 is 14.6 Å². The van der Waals surface area contributed by atoms with Crippen molar-refractivity contribution in [1.82, 2.24) is 0 Å². The minimum atomic E-state index is -0.924. The monoisotopic (exact) mass is 186 g/mol. The first-order valence-electron chi connectivity index (χ1n) is 4.72. The summed E-state index contributed by atoms with van der Waals surface area (Å²) in [5.74, 6) is -0.412. The Hall–Kier alpha value is -0.570. The Morgan fingerprint density at radius 3 is 2.62 bits per heavy atom. The van der Waals surface area contributed by atoms with Gasteiger partial charge in [0.2, 0.25) is 0 Å². The predicted molar refractivity (Wildman–Crippen MR) is 49.1 cm³/mol. The molecular formula is C10H18O3. The third-order valence-electron chi connectivity index (χ3n) is 2.90. The van der Waals surface area contributed by atoms with Crippen LogP contribution in [-0.4, -0.2) is 24.3 Å². The van der Waals surface area contributed by atoms with Crippen LogP contribution in [0.1, 0.15) is 33.1 Å². The van der Waals surface area contributed by atoms with Gasteiger partial charge in [-0.15, -0.1) is 0 Å². The lowest BCUT2D eigenvalue weighted by atomic mass is 9.89. The van der Waals surface area contributed by atoms with Gasteiger partial charge < -0.3 is 9.84 Å². The van der Waals surface area contributed by atoms with Gasteiger partial charge in [-0.25, -0.2) is 4.79 Å². The van der Waals surface area contributed by atoms with Gasteiger partial charge in [0.1, 0.15) is 0 Å². The van der Waals surface area contributed by atoms with E-state index in [1.165, 1.54) is 7.11 Å². The molecule has 1 N–H and O–H groups in total. The van der Waals surface area contributed by atoms with E-state index in [1.54, 1.807) is 0 Å². The van der Waals surface area contributed by atoms with Gasteiger partial charge in [0, 0.05) is 0 Å². The van der Waals surface area contributed by atoms with Crippen LogP contribution in [0.5, 0.6) is 0 Å². The molecule has 0 bridgehead atoms. The maximum atomic E-state index is 11.0. The summed E-state index contributed by atoms with van der Waals surface area (Å²) in [6, 6.07) is 0. The lowest BCUT2D eigenvalue weighted by molar-refractivity contribution is -0.153. The van der Waals surface area contributed by atoms with Gasteiger partial charge in [-0.3, -0.25) is 0 Å². The van der Waals surface area contributed by atoms with Crippen molar-refractivity contribution in [2.75, 3.05) is 7.11 Å². The molecule has 1 rings (SSSR count). The molecule has 0 heterocycles. The number of hydrogen-bond donors (Lipinski definition) is 1. The fourth-order valence-electron chi connectivity index (χ4n) is 2.07. The van der Waals surface area contributed by atoms with Crippen LogP contribution in [0.3, 0.4) is 0 Å². The molecule has 1 fully saturated rings. The molecule has 0 aromatic rings. The van der Waals surface area contributed by atoms with E-state index >= 15 is 0 Å². The average Bonchev–Trinajstić information content (AvgIpc) is 2.43. The van der Waals surface area contributed by atoms with Gasteiger partial charge >= 0.3 is 5.97 Å². The van der Waals surface area contributed by atoms with Gasteiger partial charge in [-0.2, -0.15) is 0 Å². The first-order valence-corrected chi connectivity index (χ1v) is 4.72. The lowest BCUT2D eigenvalue weighted by Crippen LogP contribution is -2.29. The Kier molecular flexibility index (Phi) is 2.96. The number of carbonyl (C=O) groups excluding carboxylic acids is 1. The van der Waals surface area contributed by atoms with Crippen LogP contribution < -0.4 is 0 Å². The van der Waals surface area contributed by atoms with Gasteiger partial charge in [0.25, 0.3) is 0 Å². The average molecular weight is 186 g/mol. The Morgan fingerprint density at radius 1 is 1.62 bits per heavy atom. The van der Waals surface area contributed by atoms with E-state index in [0.717, 1.165) is 19.3 Å². The molecule has 2 unspecified atom stereocenters. The molecule has 0 amide bonds. The standard InChI is InChI=1S/C10H18O3/c1-10(2)5-4-7(6-10)8(11)9(12)13-3/h7-8,11H,4-6H2,1-3H3. The Labute approximate surface area is 79.1 Å². The van der Waals surface area contributed by atoms with Crippen LogP contribution in [0.15, 0.2) is 0 Å². The zero-order valence-electron chi connectivity index (χ0n) is 8.54. The first kappa shape index (κ1) is 10.5. The Balaban J connectivity index is 2.51. The van der Waals surface area contributed by atoms with E-state index in [0.29, 0.717) is 0 Å². The third kappa shape index (κ3) is 2.44. The summed E-state index contributed by atoms with van der Waals surface area (Å²) in [7, 11) is 1.31. The van der Waals surface area contributed by atoms with Crippen molar-refractivity contribution in [3.8, 4) is 0 Å². The van der Waals surface area contributed by atoms with E-state index < -0.39 is 12.1 Å². The zero-order chi connectivity index (χ0) is 10.1. The third-order valence-corrected chi connectivity index (χ3v) is 2.90. The van der Waals surface area contributed by atoms with Gasteiger partial charge in [-0.1, -0.05) is 13.8 Å². The summed E-state index contributed by atoms with van der Waals surface area (Å²) in [5, 5.41) is 9.58. The van der Waals surface area contributed by atoms with Crippen molar-refractivity contribution in [2.45, 2.75) is 39.2 Å². The van der Waals surface area contributed by atoms with Crippen molar-refractivity contribution >= 4 is 5.97 Å². The molecule has 0 radical (unpaired) electrons. The molecule has 13 heavy (non-hydrogen) atoms. The van der Waals surface area contributed by atoms with E-state index in [9.17, 15) is 9.90 Å². The van der Waals surface area contributed by atoms with E-state index in [1.807, 2.05) is 0 Å². The highest BCUT2D eigenvalue weighted by molar-refractivity contribution is 5.74. The summed E-state index contributed by atoms with van der Waals surface area (Å²) in [4.78, 5) is 11.0. The number of esters is 1. The molecule has 0 aromatic heterocycles. The van der Waals surface area contributed by atoms with Gasteiger partial charge in [0.15, 0.2) is 6.10 Å². The van der Waals surface area contributed by atoms with Crippen molar-refractivity contribution in [3.63, 3.8) is 0 Å². The summed E-state index contributed by atoms with van der Waals surface area (Å²) < 4.78 is 4.50. The fraction of sp³-hybridized carbons (Fsp3) is 0.900. The van der Waals surface area contributed by atoms with E-state index in [4.69, 9.17) is 0 Å². The molecule has 0 aromatic carbocycles. The van der Waals surface area contributed by atoms with Crippen LogP contribution in [0, 0.1) is 11.3 Å². The summed E-state index contributed by atoms with van der Waals surface area (Å²) in [6.07, 6.45) is 1.98. The van der Waals surface area contributed by atoms with E-state index in [-0.39, 0.29) is 11.3 Å². The number of carbonyl (C=O) groups is 1. The van der Waals surface area contributed by atoms with Crippen LogP contribution in [0.25, 0.3) is 0 Å². The molecule has 1 aliphatic carbocycles. The number of aliphatic hydroxyl groups is 1. The molecular weight excluding hydrogens is 168 g/mol. The number of methoxy groups -OCH3 is 1. The molecule has 76 valence electrons. The number of aliphatic hydroxyl groups excluding tert-OH is 1. The predicted octanol–water partition coefficient (Wildman–Crippen LogP) is 1.35. The molecule has 1 saturated carbocycles. The normalized spacial score (nSPS) is 28.5. The van der Waals surface area contributed by atoms with Gasteiger partial charge in [-0.05, 0) is 30.6 Å². The molecule has 3 heteroatoms. The largest absolute Gasteiger partial charge is 0.467 e. The number of rotatable bonds is 2. The highest BCUT2D eigenvalue weighted by Crippen LogP contribution is 2.42. The molecule has 2 atom stereocenters. The zero-order valence-corrected chi connectivity index (χ0v) is 8.54. The second-order valence-electron chi connectivity index (χ2n) is 4.64. The smallest absolute Gasteiger partial charge is 0.334 e. The van der Waals surface area contributed by atoms with Crippen LogP contribution in [0.4, 0.5) is 0 Å². The fourth-order valence-corrected chi connectivity index (χ4v) is 2.07. The highest BCUT2D eigenvalue weighted by atomic mass is 16.5. The molecule has 0 spiro atoms. The molecule has 0 saturated heterocycles. The van der Waals surface area contributed by atoms with Gasteiger partial charge in [0.05, 0.1) is 7.11 Å². The van der Waals surface area contributed by atoms with E-state index in [2.05, 4.69) is 18.6 Å². The topological polar surface area (TPSA) is 46.5 Å². The summed E-state index contributed by atoms with van der Waals surface area (Å²) in [6.45, 7) is 4.33. The van der Waals surface area contributed by atoms with Crippen LogP contribution in [-0.2, 0) is 9.53 Å². The van der Waals surface area contributed by atoms with Crippen LogP contribution >= 0.6 is 0 Å². The lowest BCUT2D eigenvalue weighted by Gasteiger charge is -2.19. The maximum Gasteiger partial charge on any atom is 0.334 e. The Bertz CT molecular complexity index is 198. The second-order valence-corrected chi connectivity index (χ2v) is 4.64.